The van der Waals surface area contributed by atoms with Crippen LogP contribution in [0.1, 0.15) is 51.1 Å². The maximum Gasteiger partial charge on any atom is 0.0499 e. The average molecular weight is 295 g/mol. The van der Waals surface area contributed by atoms with E-state index in [4.69, 9.17) is 17.3 Å². The van der Waals surface area contributed by atoms with Crippen LogP contribution in [0.3, 0.4) is 0 Å². The number of hydrogen-bond acceptors (Lipinski definition) is 2. The number of nitrogens with zero attached hydrogens (tertiary/aromatic N) is 1. The van der Waals surface area contributed by atoms with Crippen molar-refractivity contribution in [3.8, 4) is 0 Å². The van der Waals surface area contributed by atoms with Crippen LogP contribution in [-0.2, 0) is 0 Å². The lowest BCUT2D eigenvalue weighted by atomic mass is 9.90. The molecular formula is C17H27ClN2. The van der Waals surface area contributed by atoms with Crippen molar-refractivity contribution in [3.05, 3.63) is 34.9 Å². The van der Waals surface area contributed by atoms with E-state index in [1.54, 1.807) is 0 Å². The Morgan fingerprint density at radius 1 is 1.20 bits per heavy atom. The van der Waals surface area contributed by atoms with E-state index in [-0.39, 0.29) is 6.04 Å². The summed E-state index contributed by atoms with van der Waals surface area (Å²) in [6.07, 6.45) is 4.91. The van der Waals surface area contributed by atoms with Gasteiger partial charge in [-0.15, -0.1) is 0 Å². The van der Waals surface area contributed by atoms with Gasteiger partial charge in [-0.2, -0.15) is 0 Å². The highest BCUT2D eigenvalue weighted by Gasteiger charge is 2.28. The number of rotatable bonds is 5. The summed E-state index contributed by atoms with van der Waals surface area (Å²) >= 11 is 6.01. The van der Waals surface area contributed by atoms with Crippen LogP contribution in [-0.4, -0.2) is 24.0 Å². The van der Waals surface area contributed by atoms with E-state index < -0.39 is 0 Å². The van der Waals surface area contributed by atoms with Crippen LogP contribution in [0.5, 0.6) is 0 Å². The second-order valence-electron chi connectivity index (χ2n) is 5.96. The van der Waals surface area contributed by atoms with E-state index in [0.29, 0.717) is 6.04 Å². The number of benzene rings is 1. The minimum absolute atomic E-state index is 0.189. The molecule has 1 heterocycles. The van der Waals surface area contributed by atoms with Crippen LogP contribution in [0, 0.1) is 5.92 Å². The predicted molar refractivity (Wildman–Crippen MR) is 87.0 cm³/mol. The Bertz CT molecular complexity index is 396. The zero-order valence-electron chi connectivity index (χ0n) is 12.7. The first-order chi connectivity index (χ1) is 9.65. The Labute approximate surface area is 128 Å². The minimum Gasteiger partial charge on any atom is -0.326 e. The summed E-state index contributed by atoms with van der Waals surface area (Å²) in [5.74, 6) is 0.898. The van der Waals surface area contributed by atoms with Gasteiger partial charge in [0, 0.05) is 17.1 Å². The molecule has 2 rings (SSSR count). The molecule has 0 bridgehead atoms. The van der Waals surface area contributed by atoms with Gasteiger partial charge in [-0.05, 0) is 56.0 Å². The van der Waals surface area contributed by atoms with E-state index in [2.05, 4.69) is 30.9 Å². The fourth-order valence-corrected chi connectivity index (χ4v) is 3.38. The molecule has 0 aliphatic carbocycles. The number of nitrogens with two attached hydrogens (primary N) is 1. The molecule has 112 valence electrons. The van der Waals surface area contributed by atoms with Gasteiger partial charge < -0.3 is 5.73 Å². The highest BCUT2D eigenvalue weighted by Crippen LogP contribution is 2.31. The Morgan fingerprint density at radius 2 is 1.80 bits per heavy atom. The molecule has 20 heavy (non-hydrogen) atoms. The summed E-state index contributed by atoms with van der Waals surface area (Å²) in [4.78, 5) is 2.57. The Morgan fingerprint density at radius 3 is 2.30 bits per heavy atom. The van der Waals surface area contributed by atoms with Crippen molar-refractivity contribution in [1.82, 2.24) is 4.90 Å². The fourth-order valence-electron chi connectivity index (χ4n) is 3.25. The van der Waals surface area contributed by atoms with Crippen LogP contribution in [0.4, 0.5) is 0 Å². The van der Waals surface area contributed by atoms with Crippen molar-refractivity contribution in [2.24, 2.45) is 11.7 Å². The summed E-state index contributed by atoms with van der Waals surface area (Å²) in [5.41, 5.74) is 7.71. The second kappa shape index (κ2) is 7.44. The van der Waals surface area contributed by atoms with Crippen molar-refractivity contribution in [2.75, 3.05) is 13.1 Å². The number of piperidine rings is 1. The fraction of sp³-hybridized carbons (Fsp3) is 0.647. The van der Waals surface area contributed by atoms with Gasteiger partial charge in [-0.3, -0.25) is 4.90 Å². The first kappa shape index (κ1) is 15.8. The molecular weight excluding hydrogens is 268 g/mol. The van der Waals surface area contributed by atoms with Crippen LogP contribution >= 0.6 is 11.6 Å². The normalized spacial score (nSPS) is 20.8. The molecule has 2 nitrogen and oxygen atoms in total. The topological polar surface area (TPSA) is 29.3 Å². The highest BCUT2D eigenvalue weighted by molar-refractivity contribution is 6.30. The van der Waals surface area contributed by atoms with Gasteiger partial charge >= 0.3 is 0 Å². The maximum atomic E-state index is 6.41. The molecule has 0 amide bonds. The van der Waals surface area contributed by atoms with E-state index >= 15 is 0 Å². The molecule has 3 heteroatoms. The van der Waals surface area contributed by atoms with Crippen molar-refractivity contribution in [3.63, 3.8) is 0 Å². The van der Waals surface area contributed by atoms with E-state index in [9.17, 15) is 0 Å². The van der Waals surface area contributed by atoms with Gasteiger partial charge in [0.25, 0.3) is 0 Å². The van der Waals surface area contributed by atoms with Crippen LogP contribution in [0.25, 0.3) is 0 Å². The first-order valence-electron chi connectivity index (χ1n) is 7.90. The van der Waals surface area contributed by atoms with Gasteiger partial charge in [0.05, 0.1) is 0 Å². The van der Waals surface area contributed by atoms with Crippen molar-refractivity contribution in [1.29, 1.82) is 0 Å². The van der Waals surface area contributed by atoms with Crippen molar-refractivity contribution in [2.45, 2.75) is 51.6 Å². The molecule has 0 spiro atoms. The zero-order chi connectivity index (χ0) is 14.5. The van der Waals surface area contributed by atoms with Gasteiger partial charge in [0.2, 0.25) is 0 Å². The number of halogens is 1. The van der Waals surface area contributed by atoms with Crippen molar-refractivity contribution >= 4 is 11.6 Å². The Kier molecular flexibility index (Phi) is 5.88. The third-order valence-corrected chi connectivity index (χ3v) is 4.96. The lowest BCUT2D eigenvalue weighted by Crippen LogP contribution is -2.44. The van der Waals surface area contributed by atoms with E-state index in [1.807, 2.05) is 12.1 Å². The molecule has 2 unspecified atom stereocenters. The molecule has 0 radical (unpaired) electrons. The third kappa shape index (κ3) is 3.75. The molecule has 1 fully saturated rings. The van der Waals surface area contributed by atoms with Gasteiger partial charge in [0.15, 0.2) is 0 Å². The van der Waals surface area contributed by atoms with Crippen LogP contribution in [0.15, 0.2) is 24.3 Å². The van der Waals surface area contributed by atoms with Crippen molar-refractivity contribution < 1.29 is 0 Å². The maximum absolute atomic E-state index is 6.41. The molecule has 1 aliphatic rings. The Balaban J connectivity index is 2.14. The minimum atomic E-state index is 0.189. The molecule has 1 aromatic rings. The molecule has 1 aliphatic heterocycles. The third-order valence-electron chi connectivity index (χ3n) is 4.71. The second-order valence-corrected chi connectivity index (χ2v) is 6.39. The summed E-state index contributed by atoms with van der Waals surface area (Å²) in [6, 6.07) is 8.74. The predicted octanol–water partition coefficient (Wildman–Crippen LogP) is 4.24. The summed E-state index contributed by atoms with van der Waals surface area (Å²) < 4.78 is 0. The molecule has 0 saturated carbocycles. The standard InChI is InChI=1S/C17H27ClN2/c1-3-13-9-11-20(12-10-13)17(16(19)4-2)14-5-7-15(18)8-6-14/h5-8,13,16-17H,3-4,9-12,19H2,1-2H3. The van der Waals surface area contributed by atoms with E-state index in [0.717, 1.165) is 17.4 Å². The Hall–Kier alpha value is -0.570. The largest absolute Gasteiger partial charge is 0.326 e. The lowest BCUT2D eigenvalue weighted by Gasteiger charge is -2.40. The van der Waals surface area contributed by atoms with E-state index in [1.165, 1.54) is 37.9 Å². The smallest absolute Gasteiger partial charge is 0.0499 e. The number of hydrogen-bond donors (Lipinski definition) is 1. The van der Waals surface area contributed by atoms with Gasteiger partial charge in [-0.25, -0.2) is 0 Å². The molecule has 1 aromatic carbocycles. The molecule has 1 saturated heterocycles. The SMILES string of the molecule is CCC1CCN(C(c2ccc(Cl)cc2)C(N)CC)CC1. The average Bonchev–Trinajstić information content (AvgIpc) is 2.50. The molecule has 2 N–H and O–H groups in total. The summed E-state index contributed by atoms with van der Waals surface area (Å²) in [7, 11) is 0. The summed E-state index contributed by atoms with van der Waals surface area (Å²) in [6.45, 7) is 6.81. The lowest BCUT2D eigenvalue weighted by molar-refractivity contribution is 0.113. The van der Waals surface area contributed by atoms with Crippen LogP contribution in [0.2, 0.25) is 5.02 Å². The number of likely N-dealkylation sites (tertiary alicyclic amines) is 1. The zero-order valence-corrected chi connectivity index (χ0v) is 13.4. The van der Waals surface area contributed by atoms with Crippen LogP contribution < -0.4 is 5.73 Å². The van der Waals surface area contributed by atoms with Gasteiger partial charge in [0.1, 0.15) is 0 Å². The first-order valence-corrected chi connectivity index (χ1v) is 8.28. The quantitative estimate of drug-likeness (QED) is 0.880. The summed E-state index contributed by atoms with van der Waals surface area (Å²) in [5, 5.41) is 0.794. The molecule has 0 aromatic heterocycles. The van der Waals surface area contributed by atoms with Gasteiger partial charge in [-0.1, -0.05) is 44.0 Å². The monoisotopic (exact) mass is 294 g/mol. The molecule has 2 atom stereocenters. The highest BCUT2D eigenvalue weighted by atomic mass is 35.5.